The molecule has 0 amide bonds. The molecule has 1 aromatic carbocycles. The number of aryl methyl sites for hydroxylation is 1. The monoisotopic (exact) mass is 202 g/mol. The predicted molar refractivity (Wildman–Crippen MR) is 55.6 cm³/mol. The summed E-state index contributed by atoms with van der Waals surface area (Å²) in [5, 5.41) is 0.753. The van der Waals surface area contributed by atoms with Crippen LogP contribution in [0.3, 0.4) is 0 Å². The molecular weight excluding hydrogens is 192 g/mol. The molecule has 0 saturated heterocycles. The van der Waals surface area contributed by atoms with Crippen molar-refractivity contribution < 1.29 is 4.74 Å². The molecule has 0 heterocycles. The van der Waals surface area contributed by atoms with E-state index in [0.717, 1.165) is 28.5 Å². The number of thiol groups is 1. The van der Waals surface area contributed by atoms with Crippen LogP contribution in [0.15, 0.2) is 18.2 Å². The van der Waals surface area contributed by atoms with Gasteiger partial charge in [0.2, 0.25) is 0 Å². The minimum Gasteiger partial charge on any atom is -0.497 e. The Bertz CT molecular complexity index is 263. The Kier molecular flexibility index (Phi) is 3.76. The maximum absolute atomic E-state index is 5.97. The summed E-state index contributed by atoms with van der Waals surface area (Å²) in [5.41, 5.74) is 1.12. The van der Waals surface area contributed by atoms with Crippen molar-refractivity contribution in [3.63, 3.8) is 0 Å². The van der Waals surface area contributed by atoms with Crippen LogP contribution in [-0.4, -0.2) is 12.9 Å². The number of benzene rings is 1. The second-order valence-electron chi connectivity index (χ2n) is 2.43. The third-order valence-electron chi connectivity index (χ3n) is 1.64. The molecule has 0 aromatic heterocycles. The lowest BCUT2D eigenvalue weighted by atomic mass is 10.2. The number of methoxy groups -OCH3 is 1. The van der Waals surface area contributed by atoms with Crippen LogP contribution < -0.4 is 4.74 Å². The van der Waals surface area contributed by atoms with Crippen molar-refractivity contribution in [3.8, 4) is 5.75 Å². The molecule has 3 heteroatoms. The van der Waals surface area contributed by atoms with Gasteiger partial charge in [-0.15, -0.1) is 0 Å². The summed E-state index contributed by atoms with van der Waals surface area (Å²) in [6.45, 7) is 0. The van der Waals surface area contributed by atoms with Crippen LogP contribution in [0.2, 0.25) is 5.02 Å². The summed E-state index contributed by atoms with van der Waals surface area (Å²) < 4.78 is 5.02. The highest BCUT2D eigenvalue weighted by atomic mass is 35.5. The maximum Gasteiger partial charge on any atom is 0.120 e. The van der Waals surface area contributed by atoms with Gasteiger partial charge in [-0.3, -0.25) is 0 Å². The fourth-order valence-electron chi connectivity index (χ4n) is 0.978. The number of hydrogen-bond acceptors (Lipinski definition) is 2. The molecule has 0 atom stereocenters. The Morgan fingerprint density at radius 1 is 1.50 bits per heavy atom. The molecule has 0 aliphatic heterocycles. The van der Waals surface area contributed by atoms with Gasteiger partial charge < -0.3 is 4.74 Å². The van der Waals surface area contributed by atoms with E-state index in [1.165, 1.54) is 0 Å². The van der Waals surface area contributed by atoms with Gasteiger partial charge in [-0.2, -0.15) is 12.6 Å². The SMILES string of the molecule is COc1ccc(CCS)c(Cl)c1. The first-order valence-corrected chi connectivity index (χ1v) is 4.72. The topological polar surface area (TPSA) is 9.23 Å². The zero-order valence-corrected chi connectivity index (χ0v) is 8.53. The smallest absolute Gasteiger partial charge is 0.120 e. The highest BCUT2D eigenvalue weighted by molar-refractivity contribution is 7.80. The van der Waals surface area contributed by atoms with Gasteiger partial charge in [0, 0.05) is 5.02 Å². The zero-order chi connectivity index (χ0) is 8.97. The standard InChI is InChI=1S/C9H11ClOS/c1-11-8-3-2-7(4-5-12)9(10)6-8/h2-3,6,12H,4-5H2,1H3. The molecule has 12 heavy (non-hydrogen) atoms. The fraction of sp³-hybridized carbons (Fsp3) is 0.333. The molecule has 0 radical (unpaired) electrons. The van der Waals surface area contributed by atoms with Gasteiger partial charge >= 0.3 is 0 Å². The van der Waals surface area contributed by atoms with Gasteiger partial charge in [-0.05, 0) is 29.9 Å². The van der Waals surface area contributed by atoms with Crippen LogP contribution in [0.1, 0.15) is 5.56 Å². The van der Waals surface area contributed by atoms with Crippen molar-refractivity contribution in [2.75, 3.05) is 12.9 Å². The van der Waals surface area contributed by atoms with Gasteiger partial charge in [0.25, 0.3) is 0 Å². The number of hydrogen-bond donors (Lipinski definition) is 1. The molecule has 1 nitrogen and oxygen atoms in total. The molecule has 0 bridgehead atoms. The highest BCUT2D eigenvalue weighted by Gasteiger charge is 2.00. The molecule has 0 aliphatic carbocycles. The first-order valence-electron chi connectivity index (χ1n) is 3.71. The van der Waals surface area contributed by atoms with Crippen LogP contribution in [0.25, 0.3) is 0 Å². The van der Waals surface area contributed by atoms with E-state index in [4.69, 9.17) is 16.3 Å². The van der Waals surface area contributed by atoms with Crippen molar-refractivity contribution in [3.05, 3.63) is 28.8 Å². The Labute approximate surface area is 83.1 Å². The van der Waals surface area contributed by atoms with Gasteiger partial charge in [0.15, 0.2) is 0 Å². The lowest BCUT2D eigenvalue weighted by Gasteiger charge is -2.04. The summed E-state index contributed by atoms with van der Waals surface area (Å²) in [7, 11) is 1.63. The quantitative estimate of drug-likeness (QED) is 0.742. The molecule has 1 aromatic rings. The molecule has 0 spiro atoms. The normalized spacial score (nSPS) is 9.92. The molecule has 66 valence electrons. The molecule has 0 saturated carbocycles. The van der Waals surface area contributed by atoms with Crippen molar-refractivity contribution >= 4 is 24.2 Å². The Balaban J connectivity index is 2.87. The van der Waals surface area contributed by atoms with E-state index in [2.05, 4.69) is 12.6 Å². The molecular formula is C9H11ClOS. The van der Waals surface area contributed by atoms with Crippen molar-refractivity contribution in [2.24, 2.45) is 0 Å². The number of ether oxygens (including phenoxy) is 1. The van der Waals surface area contributed by atoms with Crippen LogP contribution in [0.4, 0.5) is 0 Å². The zero-order valence-electron chi connectivity index (χ0n) is 6.88. The van der Waals surface area contributed by atoms with Crippen LogP contribution in [0.5, 0.6) is 5.75 Å². The lowest BCUT2D eigenvalue weighted by molar-refractivity contribution is 0.414. The highest BCUT2D eigenvalue weighted by Crippen LogP contribution is 2.22. The Morgan fingerprint density at radius 2 is 2.25 bits per heavy atom. The fourth-order valence-corrected chi connectivity index (χ4v) is 1.48. The van der Waals surface area contributed by atoms with Gasteiger partial charge in [0.1, 0.15) is 5.75 Å². The second-order valence-corrected chi connectivity index (χ2v) is 3.29. The van der Waals surface area contributed by atoms with Gasteiger partial charge in [-0.1, -0.05) is 17.7 Å². The predicted octanol–water partition coefficient (Wildman–Crippen LogP) is 2.82. The number of rotatable bonds is 3. The summed E-state index contributed by atoms with van der Waals surface area (Å²) in [6.07, 6.45) is 0.895. The summed E-state index contributed by atoms with van der Waals surface area (Å²) >= 11 is 10.1. The van der Waals surface area contributed by atoms with Crippen molar-refractivity contribution in [1.29, 1.82) is 0 Å². The van der Waals surface area contributed by atoms with E-state index in [0.29, 0.717) is 0 Å². The van der Waals surface area contributed by atoms with Crippen LogP contribution in [0, 0.1) is 0 Å². The summed E-state index contributed by atoms with van der Waals surface area (Å²) in [6, 6.07) is 5.70. The Morgan fingerprint density at radius 3 is 2.75 bits per heavy atom. The Hall–Kier alpha value is -0.340. The van der Waals surface area contributed by atoms with Crippen molar-refractivity contribution in [2.45, 2.75) is 6.42 Å². The summed E-state index contributed by atoms with van der Waals surface area (Å²) in [5.74, 6) is 1.61. The van der Waals surface area contributed by atoms with E-state index < -0.39 is 0 Å². The van der Waals surface area contributed by atoms with E-state index >= 15 is 0 Å². The number of halogens is 1. The van der Waals surface area contributed by atoms with Crippen LogP contribution in [-0.2, 0) is 6.42 Å². The molecule has 1 rings (SSSR count). The van der Waals surface area contributed by atoms with E-state index in [1.54, 1.807) is 7.11 Å². The third-order valence-corrected chi connectivity index (χ3v) is 2.22. The summed E-state index contributed by atoms with van der Waals surface area (Å²) in [4.78, 5) is 0. The van der Waals surface area contributed by atoms with E-state index in [-0.39, 0.29) is 0 Å². The largest absolute Gasteiger partial charge is 0.497 e. The average Bonchev–Trinajstić information content (AvgIpc) is 2.09. The molecule has 0 aliphatic rings. The van der Waals surface area contributed by atoms with Crippen molar-refractivity contribution in [1.82, 2.24) is 0 Å². The maximum atomic E-state index is 5.97. The van der Waals surface area contributed by atoms with E-state index in [1.807, 2.05) is 18.2 Å². The third kappa shape index (κ3) is 2.32. The first kappa shape index (κ1) is 9.75. The van der Waals surface area contributed by atoms with Crippen LogP contribution >= 0.6 is 24.2 Å². The minimum absolute atomic E-state index is 0.753. The van der Waals surface area contributed by atoms with Gasteiger partial charge in [-0.25, -0.2) is 0 Å². The minimum atomic E-state index is 0.753. The molecule has 0 unspecified atom stereocenters. The lowest BCUT2D eigenvalue weighted by Crippen LogP contribution is -1.89. The molecule has 0 N–H and O–H groups in total. The molecule has 0 fully saturated rings. The first-order chi connectivity index (χ1) is 5.77. The van der Waals surface area contributed by atoms with Gasteiger partial charge in [0.05, 0.1) is 7.11 Å². The van der Waals surface area contributed by atoms with E-state index in [9.17, 15) is 0 Å². The second kappa shape index (κ2) is 4.63. The average molecular weight is 203 g/mol.